The van der Waals surface area contributed by atoms with Gasteiger partial charge >= 0.3 is 0 Å². The lowest BCUT2D eigenvalue weighted by molar-refractivity contribution is 0.638. The van der Waals surface area contributed by atoms with Crippen LogP contribution >= 0.6 is 0 Å². The van der Waals surface area contributed by atoms with Crippen molar-refractivity contribution in [1.82, 2.24) is 0 Å². The van der Waals surface area contributed by atoms with Gasteiger partial charge in [0.2, 0.25) is 0 Å². The van der Waals surface area contributed by atoms with Gasteiger partial charge in [-0.3, -0.25) is 0 Å². The summed E-state index contributed by atoms with van der Waals surface area (Å²) in [5.41, 5.74) is 16.9. The monoisotopic (exact) mass is 693 g/mol. The molecule has 260 valence electrons. The molecule has 1 nitrogen and oxygen atoms in total. The quantitative estimate of drug-likeness (QED) is 0.153. The molecule has 0 heterocycles. The van der Waals surface area contributed by atoms with E-state index in [4.69, 9.17) is 0 Å². The molecule has 0 N–H and O–H groups in total. The maximum atomic E-state index is 2.44. The molecular weight excluding hydrogens is 651 g/mol. The van der Waals surface area contributed by atoms with E-state index in [9.17, 15) is 0 Å². The zero-order valence-electron chi connectivity index (χ0n) is 31.1. The molecule has 8 aromatic rings. The maximum Gasteiger partial charge on any atom is 0.0714 e. The minimum absolute atomic E-state index is 0.164. The Morgan fingerprint density at radius 3 is 1.52 bits per heavy atom. The van der Waals surface area contributed by atoms with Crippen LogP contribution in [0.15, 0.2) is 206 Å². The van der Waals surface area contributed by atoms with Gasteiger partial charge in [-0.15, -0.1) is 0 Å². The topological polar surface area (TPSA) is 3.24 Å². The first-order valence-electron chi connectivity index (χ1n) is 18.9. The lowest BCUT2D eigenvalue weighted by Crippen LogP contribution is -2.28. The average molecular weight is 694 g/mol. The smallest absolute Gasteiger partial charge is 0.0714 e. The molecule has 0 bridgehead atoms. The number of rotatable bonds is 8. The molecule has 1 heteroatoms. The Morgan fingerprint density at radius 1 is 0.389 bits per heavy atom. The van der Waals surface area contributed by atoms with E-state index in [0.717, 1.165) is 17.1 Å². The summed E-state index contributed by atoms with van der Waals surface area (Å²) in [6.45, 7) is 6.90. The third-order valence-electron chi connectivity index (χ3n) is 11.6. The number of benzene rings is 8. The van der Waals surface area contributed by atoms with Crippen molar-refractivity contribution in [2.45, 2.75) is 31.6 Å². The van der Waals surface area contributed by atoms with Crippen LogP contribution in [0, 0.1) is 6.92 Å². The number of aryl methyl sites for hydroxylation is 1. The zero-order chi connectivity index (χ0) is 36.7. The summed E-state index contributed by atoms with van der Waals surface area (Å²) in [5.74, 6) is 0. The Balaban J connectivity index is 1.20. The number of hydrogen-bond donors (Lipinski definition) is 0. The fourth-order valence-electron chi connectivity index (χ4n) is 9.08. The molecule has 0 spiro atoms. The Morgan fingerprint density at radius 2 is 0.870 bits per heavy atom. The number of para-hydroxylation sites is 1. The highest BCUT2D eigenvalue weighted by molar-refractivity contribution is 5.89. The van der Waals surface area contributed by atoms with Crippen LogP contribution in [0.1, 0.15) is 52.8 Å². The molecule has 0 radical (unpaired) electrons. The maximum absolute atomic E-state index is 2.44. The van der Waals surface area contributed by atoms with E-state index in [1.807, 2.05) is 0 Å². The van der Waals surface area contributed by atoms with Gasteiger partial charge in [0, 0.05) is 22.5 Å². The SMILES string of the molecule is Cc1ccccc1C(C)(C)c1ccccc1-c1ccc(N(c2ccccc2)c2ccc3c(c2)C(c2ccccc2)(c2ccccc2)c2ccccc2-3)cc1. The normalized spacial score (nSPS) is 12.9. The van der Waals surface area contributed by atoms with Crippen molar-refractivity contribution in [3.63, 3.8) is 0 Å². The summed E-state index contributed by atoms with van der Waals surface area (Å²) in [6.07, 6.45) is 0. The lowest BCUT2D eigenvalue weighted by Gasteiger charge is -2.35. The molecule has 0 amide bonds. The van der Waals surface area contributed by atoms with Crippen LogP contribution in [0.3, 0.4) is 0 Å². The summed E-state index contributed by atoms with van der Waals surface area (Å²) < 4.78 is 0. The Hall–Kier alpha value is -6.44. The van der Waals surface area contributed by atoms with Gasteiger partial charge in [-0.1, -0.05) is 184 Å². The third-order valence-corrected chi connectivity index (χ3v) is 11.6. The van der Waals surface area contributed by atoms with Crippen LogP contribution < -0.4 is 4.90 Å². The fourth-order valence-corrected chi connectivity index (χ4v) is 9.08. The van der Waals surface area contributed by atoms with E-state index in [1.54, 1.807) is 0 Å². The van der Waals surface area contributed by atoms with Crippen LogP contribution in [0.5, 0.6) is 0 Å². The first-order valence-corrected chi connectivity index (χ1v) is 18.9. The van der Waals surface area contributed by atoms with Crippen molar-refractivity contribution < 1.29 is 0 Å². The van der Waals surface area contributed by atoms with Crippen molar-refractivity contribution in [2.75, 3.05) is 4.90 Å². The molecule has 1 aliphatic rings. The van der Waals surface area contributed by atoms with Gasteiger partial charge in [-0.05, 0) is 105 Å². The summed E-state index contributed by atoms with van der Waals surface area (Å²) in [7, 11) is 0. The molecule has 0 aromatic heterocycles. The molecule has 0 atom stereocenters. The number of hydrogen-bond acceptors (Lipinski definition) is 1. The largest absolute Gasteiger partial charge is 0.310 e. The van der Waals surface area contributed by atoms with E-state index < -0.39 is 5.41 Å². The lowest BCUT2D eigenvalue weighted by atomic mass is 9.67. The summed E-state index contributed by atoms with van der Waals surface area (Å²) in [6, 6.07) is 75.6. The van der Waals surface area contributed by atoms with Gasteiger partial charge in [0.05, 0.1) is 5.41 Å². The number of nitrogens with zero attached hydrogens (tertiary/aromatic N) is 1. The number of anilines is 3. The molecule has 0 unspecified atom stereocenters. The van der Waals surface area contributed by atoms with Gasteiger partial charge in [0.1, 0.15) is 0 Å². The fraction of sp³-hybridized carbons (Fsp3) is 0.0943. The Bertz CT molecular complexity index is 2530. The highest BCUT2D eigenvalue weighted by Crippen LogP contribution is 2.57. The molecule has 1 aliphatic carbocycles. The van der Waals surface area contributed by atoms with Crippen LogP contribution in [0.4, 0.5) is 17.1 Å². The van der Waals surface area contributed by atoms with Crippen molar-refractivity contribution >= 4 is 17.1 Å². The molecule has 0 fully saturated rings. The van der Waals surface area contributed by atoms with Crippen LogP contribution in [0.2, 0.25) is 0 Å². The molecule has 54 heavy (non-hydrogen) atoms. The average Bonchev–Trinajstić information content (AvgIpc) is 3.53. The number of fused-ring (bicyclic) bond motifs is 3. The minimum Gasteiger partial charge on any atom is -0.310 e. The highest BCUT2D eigenvalue weighted by atomic mass is 15.1. The van der Waals surface area contributed by atoms with Gasteiger partial charge in [-0.2, -0.15) is 0 Å². The molecule has 8 aromatic carbocycles. The van der Waals surface area contributed by atoms with E-state index >= 15 is 0 Å². The standard InChI is InChI=1S/C53H43N/c1-38-19-13-16-28-48(38)52(2,3)49-29-17-14-26-45(49)39-31-33-43(34-32-39)54(42-24-11-6-12-25-42)44-35-36-47-46-27-15-18-30-50(46)53(51(47)37-44,40-20-7-4-8-21-40)41-22-9-5-10-23-41/h4-37H,1-3H3. The van der Waals surface area contributed by atoms with E-state index in [0.29, 0.717) is 0 Å². The summed E-state index contributed by atoms with van der Waals surface area (Å²) in [5, 5.41) is 0. The molecule has 9 rings (SSSR count). The van der Waals surface area contributed by atoms with Crippen molar-refractivity contribution in [3.8, 4) is 22.3 Å². The minimum atomic E-state index is -0.468. The molecule has 0 saturated carbocycles. The van der Waals surface area contributed by atoms with Gasteiger partial charge < -0.3 is 4.90 Å². The zero-order valence-corrected chi connectivity index (χ0v) is 31.1. The van der Waals surface area contributed by atoms with Crippen LogP contribution in [-0.2, 0) is 10.8 Å². The molecular formula is C53H43N. The first kappa shape index (κ1) is 33.4. The predicted octanol–water partition coefficient (Wildman–Crippen LogP) is 13.8. The van der Waals surface area contributed by atoms with Crippen molar-refractivity contribution in [2.24, 2.45) is 0 Å². The first-order chi connectivity index (χ1) is 26.5. The highest BCUT2D eigenvalue weighted by Gasteiger charge is 2.46. The van der Waals surface area contributed by atoms with Gasteiger partial charge in [0.25, 0.3) is 0 Å². The second-order valence-electron chi connectivity index (χ2n) is 15.0. The second kappa shape index (κ2) is 13.5. The second-order valence-corrected chi connectivity index (χ2v) is 15.0. The van der Waals surface area contributed by atoms with Gasteiger partial charge in [-0.25, -0.2) is 0 Å². The van der Waals surface area contributed by atoms with E-state index in [2.05, 4.69) is 232 Å². The Labute approximate surface area is 319 Å². The summed E-state index contributed by atoms with van der Waals surface area (Å²) >= 11 is 0. The molecule has 0 aliphatic heterocycles. The van der Waals surface area contributed by atoms with Gasteiger partial charge in [0.15, 0.2) is 0 Å². The van der Waals surface area contributed by atoms with Crippen molar-refractivity contribution in [1.29, 1.82) is 0 Å². The van der Waals surface area contributed by atoms with E-state index in [-0.39, 0.29) is 5.41 Å². The van der Waals surface area contributed by atoms with Crippen LogP contribution in [-0.4, -0.2) is 0 Å². The molecule has 0 saturated heterocycles. The van der Waals surface area contributed by atoms with E-state index in [1.165, 1.54) is 61.2 Å². The van der Waals surface area contributed by atoms with Crippen molar-refractivity contribution in [3.05, 3.63) is 245 Å². The Kier molecular flexibility index (Phi) is 8.36. The predicted molar refractivity (Wildman–Crippen MR) is 227 cm³/mol. The van der Waals surface area contributed by atoms with Crippen LogP contribution in [0.25, 0.3) is 22.3 Å². The summed E-state index contributed by atoms with van der Waals surface area (Å²) in [4.78, 5) is 2.40. The third kappa shape index (κ3) is 5.39.